The summed E-state index contributed by atoms with van der Waals surface area (Å²) in [6.07, 6.45) is 1.73. The van der Waals surface area contributed by atoms with Crippen LogP contribution in [-0.4, -0.2) is 31.1 Å². The van der Waals surface area contributed by atoms with Gasteiger partial charge in [0.1, 0.15) is 0 Å². The van der Waals surface area contributed by atoms with Crippen LogP contribution in [0.5, 0.6) is 0 Å². The molecular formula is C7H12N2O3. The van der Waals surface area contributed by atoms with Crippen LogP contribution < -0.4 is 11.1 Å². The fourth-order valence-corrected chi connectivity index (χ4v) is 1.13. The summed E-state index contributed by atoms with van der Waals surface area (Å²) in [5.74, 6) is -1.65. The van der Waals surface area contributed by atoms with E-state index in [1.54, 1.807) is 7.11 Å². The van der Waals surface area contributed by atoms with Gasteiger partial charge in [0.15, 0.2) is 0 Å². The van der Waals surface area contributed by atoms with Crippen molar-refractivity contribution in [3.05, 3.63) is 0 Å². The molecule has 1 saturated carbocycles. The first-order chi connectivity index (χ1) is 5.63. The normalized spacial score (nSPS) is 27.4. The first-order valence-electron chi connectivity index (χ1n) is 3.76. The van der Waals surface area contributed by atoms with Crippen molar-refractivity contribution in [2.75, 3.05) is 7.11 Å². The topological polar surface area (TPSA) is 81.4 Å². The minimum absolute atomic E-state index is 0.0509. The maximum atomic E-state index is 10.7. The highest BCUT2D eigenvalue weighted by atomic mass is 16.5. The third-order valence-corrected chi connectivity index (χ3v) is 1.99. The number of nitrogens with two attached hydrogens (primary N) is 1. The molecule has 0 radical (unpaired) electrons. The molecule has 0 aromatic carbocycles. The minimum atomic E-state index is -0.934. The van der Waals surface area contributed by atoms with Crippen LogP contribution >= 0.6 is 0 Å². The van der Waals surface area contributed by atoms with Gasteiger partial charge in [-0.25, -0.2) is 0 Å². The van der Waals surface area contributed by atoms with Gasteiger partial charge in [-0.3, -0.25) is 9.59 Å². The van der Waals surface area contributed by atoms with Crippen molar-refractivity contribution in [3.63, 3.8) is 0 Å². The molecule has 0 heterocycles. The highest BCUT2D eigenvalue weighted by molar-refractivity contribution is 6.34. The Kier molecular flexibility index (Phi) is 2.65. The SMILES string of the molecule is CO[C@H]1C[C@H](NC(=O)C(N)=O)C1. The summed E-state index contributed by atoms with van der Waals surface area (Å²) in [6, 6.07) is 0.0509. The Morgan fingerprint density at radius 1 is 1.50 bits per heavy atom. The van der Waals surface area contributed by atoms with E-state index in [0.29, 0.717) is 0 Å². The summed E-state index contributed by atoms with van der Waals surface area (Å²) in [6.45, 7) is 0. The number of carbonyl (C=O) groups is 2. The van der Waals surface area contributed by atoms with Crippen molar-refractivity contribution in [1.82, 2.24) is 5.32 Å². The summed E-state index contributed by atoms with van der Waals surface area (Å²) < 4.78 is 4.99. The summed E-state index contributed by atoms with van der Waals surface area (Å²) >= 11 is 0. The summed E-state index contributed by atoms with van der Waals surface area (Å²) in [7, 11) is 1.62. The number of amides is 2. The van der Waals surface area contributed by atoms with Crippen molar-refractivity contribution in [2.45, 2.75) is 25.0 Å². The molecule has 0 spiro atoms. The second kappa shape index (κ2) is 3.53. The predicted octanol–water partition coefficient (Wildman–Crippen LogP) is -1.23. The molecule has 1 fully saturated rings. The van der Waals surface area contributed by atoms with E-state index in [1.807, 2.05) is 0 Å². The van der Waals surface area contributed by atoms with Crippen LogP contribution in [0.25, 0.3) is 0 Å². The van der Waals surface area contributed by atoms with E-state index in [9.17, 15) is 9.59 Å². The number of ether oxygens (including phenoxy) is 1. The van der Waals surface area contributed by atoms with E-state index in [1.165, 1.54) is 0 Å². The van der Waals surface area contributed by atoms with Gasteiger partial charge in [0.2, 0.25) is 0 Å². The molecule has 5 nitrogen and oxygen atoms in total. The van der Waals surface area contributed by atoms with E-state index in [0.717, 1.165) is 12.8 Å². The Morgan fingerprint density at radius 3 is 2.50 bits per heavy atom. The molecule has 0 atom stereocenters. The van der Waals surface area contributed by atoms with Crippen LogP contribution in [0.1, 0.15) is 12.8 Å². The Bertz CT molecular complexity index is 199. The molecule has 3 N–H and O–H groups in total. The quantitative estimate of drug-likeness (QED) is 0.511. The second-order valence-electron chi connectivity index (χ2n) is 2.86. The fourth-order valence-electron chi connectivity index (χ4n) is 1.13. The van der Waals surface area contributed by atoms with Crippen molar-refractivity contribution >= 4 is 11.8 Å². The molecule has 2 amide bonds. The molecule has 5 heteroatoms. The van der Waals surface area contributed by atoms with Gasteiger partial charge in [0, 0.05) is 13.2 Å². The predicted molar refractivity (Wildman–Crippen MR) is 41.2 cm³/mol. The summed E-state index contributed by atoms with van der Waals surface area (Å²) in [5.41, 5.74) is 4.75. The van der Waals surface area contributed by atoms with Gasteiger partial charge in [-0.2, -0.15) is 0 Å². The third-order valence-electron chi connectivity index (χ3n) is 1.99. The second-order valence-corrected chi connectivity index (χ2v) is 2.86. The number of methoxy groups -OCH3 is 1. The number of rotatable bonds is 2. The van der Waals surface area contributed by atoms with Gasteiger partial charge in [0.05, 0.1) is 6.10 Å². The lowest BCUT2D eigenvalue weighted by Gasteiger charge is -2.34. The molecule has 0 saturated heterocycles. The number of hydrogen-bond donors (Lipinski definition) is 2. The van der Waals surface area contributed by atoms with E-state index in [4.69, 9.17) is 10.5 Å². The van der Waals surface area contributed by atoms with Crippen molar-refractivity contribution in [3.8, 4) is 0 Å². The zero-order chi connectivity index (χ0) is 9.14. The first kappa shape index (κ1) is 8.99. The Balaban J connectivity index is 2.19. The van der Waals surface area contributed by atoms with Crippen LogP contribution in [0, 0.1) is 0 Å². The maximum absolute atomic E-state index is 10.7. The molecule has 68 valence electrons. The number of carbonyl (C=O) groups excluding carboxylic acids is 2. The molecule has 1 aliphatic rings. The van der Waals surface area contributed by atoms with Gasteiger partial charge in [-0.15, -0.1) is 0 Å². The maximum Gasteiger partial charge on any atom is 0.309 e. The van der Waals surface area contributed by atoms with Crippen LogP contribution in [0.2, 0.25) is 0 Å². The van der Waals surface area contributed by atoms with Gasteiger partial charge in [0.25, 0.3) is 0 Å². The van der Waals surface area contributed by atoms with Crippen molar-refractivity contribution in [1.29, 1.82) is 0 Å². The van der Waals surface area contributed by atoms with E-state index in [2.05, 4.69) is 5.32 Å². The highest BCUT2D eigenvalue weighted by Crippen LogP contribution is 2.22. The smallest absolute Gasteiger partial charge is 0.309 e. The average Bonchev–Trinajstić information content (AvgIpc) is 1.94. The lowest BCUT2D eigenvalue weighted by molar-refractivity contribution is -0.138. The van der Waals surface area contributed by atoms with Gasteiger partial charge < -0.3 is 15.8 Å². The van der Waals surface area contributed by atoms with Crippen LogP contribution in [0.3, 0.4) is 0 Å². The van der Waals surface area contributed by atoms with Gasteiger partial charge >= 0.3 is 11.8 Å². The third kappa shape index (κ3) is 1.94. The average molecular weight is 172 g/mol. The summed E-state index contributed by atoms with van der Waals surface area (Å²) in [4.78, 5) is 21.0. The van der Waals surface area contributed by atoms with Gasteiger partial charge in [-0.05, 0) is 12.8 Å². The van der Waals surface area contributed by atoms with Crippen LogP contribution in [0.15, 0.2) is 0 Å². The lowest BCUT2D eigenvalue weighted by Crippen LogP contribution is -2.50. The molecule has 0 aliphatic heterocycles. The van der Waals surface area contributed by atoms with Crippen LogP contribution in [-0.2, 0) is 14.3 Å². The van der Waals surface area contributed by atoms with Crippen molar-refractivity contribution in [2.24, 2.45) is 5.73 Å². The molecule has 0 aromatic heterocycles. The largest absolute Gasteiger partial charge is 0.381 e. The Morgan fingerprint density at radius 2 is 2.08 bits per heavy atom. The van der Waals surface area contributed by atoms with E-state index >= 15 is 0 Å². The standard InChI is InChI=1S/C7H12N2O3/c1-12-5-2-4(3-5)9-7(11)6(8)10/h4-5H,2-3H2,1H3,(H2,8,10)(H,9,11)/t4-,5-. The molecule has 0 bridgehead atoms. The van der Waals surface area contributed by atoms with Gasteiger partial charge in [-0.1, -0.05) is 0 Å². The van der Waals surface area contributed by atoms with Crippen molar-refractivity contribution < 1.29 is 14.3 Å². The highest BCUT2D eigenvalue weighted by Gasteiger charge is 2.30. The fraction of sp³-hybridized carbons (Fsp3) is 0.714. The van der Waals surface area contributed by atoms with E-state index in [-0.39, 0.29) is 12.1 Å². The Labute approximate surface area is 70.2 Å². The molecule has 0 aromatic rings. The monoisotopic (exact) mass is 172 g/mol. The zero-order valence-electron chi connectivity index (χ0n) is 6.87. The minimum Gasteiger partial charge on any atom is -0.381 e. The number of nitrogens with one attached hydrogen (secondary N) is 1. The molecular weight excluding hydrogens is 160 g/mol. The number of hydrogen-bond acceptors (Lipinski definition) is 3. The summed E-state index contributed by atoms with van der Waals surface area (Å²) in [5, 5.41) is 2.49. The first-order valence-corrected chi connectivity index (χ1v) is 3.76. The molecule has 0 unspecified atom stereocenters. The number of primary amides is 1. The zero-order valence-corrected chi connectivity index (χ0v) is 6.87. The molecule has 1 rings (SSSR count). The molecule has 12 heavy (non-hydrogen) atoms. The van der Waals surface area contributed by atoms with E-state index < -0.39 is 11.8 Å². The van der Waals surface area contributed by atoms with Crippen LogP contribution in [0.4, 0.5) is 0 Å². The lowest BCUT2D eigenvalue weighted by atomic mass is 9.89. The molecule has 1 aliphatic carbocycles. The Hall–Kier alpha value is -1.10.